The molecule has 0 unspecified atom stereocenters. The van der Waals surface area contributed by atoms with E-state index in [1.165, 1.54) is 13.3 Å². The van der Waals surface area contributed by atoms with E-state index in [1.807, 2.05) is 0 Å². The molecule has 0 atom stereocenters. The van der Waals surface area contributed by atoms with Crippen LogP contribution in [0.3, 0.4) is 0 Å². The first-order chi connectivity index (χ1) is 7.69. The molecule has 0 fully saturated rings. The summed E-state index contributed by atoms with van der Waals surface area (Å²) in [6, 6.07) is 0. The first-order valence-corrected chi connectivity index (χ1v) is 4.74. The van der Waals surface area contributed by atoms with Crippen LogP contribution in [0.1, 0.15) is 23.1 Å². The van der Waals surface area contributed by atoms with E-state index in [0.29, 0.717) is 23.8 Å². The summed E-state index contributed by atoms with van der Waals surface area (Å²) in [5.74, 6) is 6.13. The summed E-state index contributed by atoms with van der Waals surface area (Å²) >= 11 is 0. The number of anilines is 1. The molecule has 0 spiro atoms. The van der Waals surface area contributed by atoms with Crippen LogP contribution in [0.2, 0.25) is 0 Å². The zero-order valence-electron chi connectivity index (χ0n) is 9.50. The zero-order chi connectivity index (χ0) is 12.0. The van der Waals surface area contributed by atoms with Crippen LogP contribution in [-0.2, 0) is 4.74 Å². The summed E-state index contributed by atoms with van der Waals surface area (Å²) < 4.78 is 4.63. The molecule has 1 aromatic rings. The molecule has 1 aromatic heterocycles. The van der Waals surface area contributed by atoms with Crippen LogP contribution in [0.4, 0.5) is 5.82 Å². The van der Waals surface area contributed by atoms with E-state index in [4.69, 9.17) is 0 Å². The highest BCUT2D eigenvalue weighted by Crippen LogP contribution is 2.12. The summed E-state index contributed by atoms with van der Waals surface area (Å²) in [6.07, 6.45) is 1.44. The fraction of sp³-hybridized carbons (Fsp3) is 0.364. The molecule has 0 aromatic carbocycles. The lowest BCUT2D eigenvalue weighted by atomic mass is 10.3. The molecule has 16 heavy (non-hydrogen) atoms. The number of aromatic nitrogens is 2. The van der Waals surface area contributed by atoms with Gasteiger partial charge in [-0.3, -0.25) is 0 Å². The van der Waals surface area contributed by atoms with Crippen molar-refractivity contribution in [3.63, 3.8) is 0 Å². The SMILES string of the molecule is CC#CCNc1nc(C)ncc1C(=O)OC. The Balaban J connectivity index is 2.96. The van der Waals surface area contributed by atoms with Crippen molar-refractivity contribution in [2.24, 2.45) is 0 Å². The number of rotatable bonds is 3. The topological polar surface area (TPSA) is 64.1 Å². The number of nitrogens with zero attached hydrogens (tertiary/aromatic N) is 2. The van der Waals surface area contributed by atoms with Crippen molar-refractivity contribution >= 4 is 11.8 Å². The van der Waals surface area contributed by atoms with Gasteiger partial charge in [-0.1, -0.05) is 5.92 Å². The highest BCUT2D eigenvalue weighted by atomic mass is 16.5. The number of methoxy groups -OCH3 is 1. The molecule has 0 bridgehead atoms. The van der Waals surface area contributed by atoms with Crippen molar-refractivity contribution in [3.05, 3.63) is 17.6 Å². The van der Waals surface area contributed by atoms with E-state index in [-0.39, 0.29) is 0 Å². The minimum absolute atomic E-state index is 0.311. The monoisotopic (exact) mass is 219 g/mol. The Kier molecular flexibility index (Phi) is 4.28. The maximum atomic E-state index is 11.4. The third-order valence-electron chi connectivity index (χ3n) is 1.84. The minimum atomic E-state index is -0.466. The van der Waals surface area contributed by atoms with E-state index in [9.17, 15) is 4.79 Å². The Bertz CT molecular complexity index is 446. The molecule has 84 valence electrons. The zero-order valence-corrected chi connectivity index (χ0v) is 9.50. The highest BCUT2D eigenvalue weighted by Gasteiger charge is 2.13. The average Bonchev–Trinajstić information content (AvgIpc) is 2.29. The highest BCUT2D eigenvalue weighted by molar-refractivity contribution is 5.94. The summed E-state index contributed by atoms with van der Waals surface area (Å²) in [4.78, 5) is 19.5. The fourth-order valence-corrected chi connectivity index (χ4v) is 1.08. The van der Waals surface area contributed by atoms with E-state index < -0.39 is 5.97 Å². The summed E-state index contributed by atoms with van der Waals surface area (Å²) in [5, 5.41) is 2.94. The van der Waals surface area contributed by atoms with E-state index >= 15 is 0 Å². The van der Waals surface area contributed by atoms with Gasteiger partial charge >= 0.3 is 5.97 Å². The normalized spacial score (nSPS) is 8.94. The number of hydrogen-bond acceptors (Lipinski definition) is 5. The quantitative estimate of drug-likeness (QED) is 0.607. The van der Waals surface area contributed by atoms with Gasteiger partial charge in [0.2, 0.25) is 0 Å². The molecule has 0 aliphatic carbocycles. The smallest absolute Gasteiger partial charge is 0.343 e. The standard InChI is InChI=1S/C11H13N3O2/c1-4-5-6-12-10-9(11(15)16-3)7-13-8(2)14-10/h7H,6H2,1-3H3,(H,12,13,14). The van der Waals surface area contributed by atoms with Gasteiger partial charge in [-0.05, 0) is 13.8 Å². The minimum Gasteiger partial charge on any atom is -0.465 e. The largest absolute Gasteiger partial charge is 0.465 e. The lowest BCUT2D eigenvalue weighted by Gasteiger charge is -2.07. The molecule has 1 rings (SSSR count). The Hall–Kier alpha value is -2.09. The van der Waals surface area contributed by atoms with Gasteiger partial charge in [-0.15, -0.1) is 5.92 Å². The Morgan fingerprint density at radius 2 is 2.38 bits per heavy atom. The van der Waals surface area contributed by atoms with Crippen molar-refractivity contribution in [3.8, 4) is 11.8 Å². The Morgan fingerprint density at radius 3 is 3.00 bits per heavy atom. The average molecular weight is 219 g/mol. The van der Waals surface area contributed by atoms with Gasteiger partial charge in [0.05, 0.1) is 13.7 Å². The van der Waals surface area contributed by atoms with Crippen molar-refractivity contribution < 1.29 is 9.53 Å². The van der Waals surface area contributed by atoms with Gasteiger partial charge in [0.25, 0.3) is 0 Å². The predicted molar refractivity (Wildman–Crippen MR) is 60.0 cm³/mol. The second kappa shape index (κ2) is 5.71. The van der Waals surface area contributed by atoms with Crippen LogP contribution in [0, 0.1) is 18.8 Å². The van der Waals surface area contributed by atoms with Crippen LogP contribution >= 0.6 is 0 Å². The molecular weight excluding hydrogens is 206 g/mol. The number of hydrogen-bond donors (Lipinski definition) is 1. The molecule has 0 radical (unpaired) electrons. The number of esters is 1. The van der Waals surface area contributed by atoms with Crippen molar-refractivity contribution in [2.45, 2.75) is 13.8 Å². The maximum Gasteiger partial charge on any atom is 0.343 e. The number of carbonyl (C=O) groups is 1. The van der Waals surface area contributed by atoms with Crippen molar-refractivity contribution in [2.75, 3.05) is 19.0 Å². The van der Waals surface area contributed by atoms with Crippen LogP contribution in [0.15, 0.2) is 6.20 Å². The van der Waals surface area contributed by atoms with Crippen LogP contribution < -0.4 is 5.32 Å². The van der Waals surface area contributed by atoms with E-state index in [1.54, 1.807) is 13.8 Å². The molecular formula is C11H13N3O2. The molecule has 5 nitrogen and oxygen atoms in total. The molecule has 0 aliphatic heterocycles. The van der Waals surface area contributed by atoms with Gasteiger partial charge < -0.3 is 10.1 Å². The molecule has 0 amide bonds. The van der Waals surface area contributed by atoms with Gasteiger partial charge in [-0.2, -0.15) is 0 Å². The lowest BCUT2D eigenvalue weighted by molar-refractivity contribution is 0.0601. The van der Waals surface area contributed by atoms with Crippen LogP contribution in [0.25, 0.3) is 0 Å². The summed E-state index contributed by atoms with van der Waals surface area (Å²) in [5.41, 5.74) is 0.311. The molecule has 0 aliphatic rings. The first kappa shape index (κ1) is 12.0. The summed E-state index contributed by atoms with van der Waals surface area (Å²) in [7, 11) is 1.32. The molecule has 1 heterocycles. The van der Waals surface area contributed by atoms with Crippen LogP contribution in [-0.4, -0.2) is 29.6 Å². The van der Waals surface area contributed by atoms with E-state index in [0.717, 1.165) is 0 Å². The molecule has 0 saturated carbocycles. The molecule has 5 heteroatoms. The van der Waals surface area contributed by atoms with Gasteiger partial charge in [-0.25, -0.2) is 14.8 Å². The van der Waals surface area contributed by atoms with Crippen molar-refractivity contribution in [1.82, 2.24) is 9.97 Å². The predicted octanol–water partition coefficient (Wildman–Crippen LogP) is 1.01. The second-order valence-electron chi connectivity index (χ2n) is 2.95. The Labute approximate surface area is 94.2 Å². The van der Waals surface area contributed by atoms with Gasteiger partial charge in [0.15, 0.2) is 0 Å². The second-order valence-corrected chi connectivity index (χ2v) is 2.95. The Morgan fingerprint density at radius 1 is 1.62 bits per heavy atom. The van der Waals surface area contributed by atoms with Gasteiger partial charge in [0, 0.05) is 6.20 Å². The van der Waals surface area contributed by atoms with Crippen LogP contribution in [0.5, 0.6) is 0 Å². The molecule has 0 saturated heterocycles. The number of aryl methyl sites for hydroxylation is 1. The third kappa shape index (κ3) is 2.95. The maximum absolute atomic E-state index is 11.4. The van der Waals surface area contributed by atoms with Gasteiger partial charge in [0.1, 0.15) is 17.2 Å². The number of nitrogens with one attached hydrogen (secondary N) is 1. The number of ether oxygens (including phenoxy) is 1. The molecule has 1 N–H and O–H groups in total. The van der Waals surface area contributed by atoms with E-state index in [2.05, 4.69) is 31.9 Å². The summed E-state index contributed by atoms with van der Waals surface area (Å²) in [6.45, 7) is 3.92. The fourth-order valence-electron chi connectivity index (χ4n) is 1.08. The number of carbonyl (C=O) groups excluding carboxylic acids is 1. The third-order valence-corrected chi connectivity index (χ3v) is 1.84. The first-order valence-electron chi connectivity index (χ1n) is 4.74. The lowest BCUT2D eigenvalue weighted by Crippen LogP contribution is -2.11. The van der Waals surface area contributed by atoms with Crippen molar-refractivity contribution in [1.29, 1.82) is 0 Å².